The summed E-state index contributed by atoms with van der Waals surface area (Å²) in [6.45, 7) is 9.96. The highest BCUT2D eigenvalue weighted by Gasteiger charge is 2.22. The van der Waals surface area contributed by atoms with Crippen molar-refractivity contribution in [1.29, 1.82) is 0 Å². The average Bonchev–Trinajstić information content (AvgIpc) is 3.13. The Kier molecular flexibility index (Phi) is 8.82. The minimum absolute atomic E-state index is 0. The van der Waals surface area contributed by atoms with Crippen molar-refractivity contribution in [1.82, 2.24) is 20.4 Å². The summed E-state index contributed by atoms with van der Waals surface area (Å²) in [6.07, 6.45) is 3.13. The predicted octanol–water partition coefficient (Wildman–Crippen LogP) is 1.74. The summed E-state index contributed by atoms with van der Waals surface area (Å²) in [5.41, 5.74) is 5.91. The topological polar surface area (TPSA) is 92.6 Å². The molecule has 0 bridgehead atoms. The van der Waals surface area contributed by atoms with Crippen LogP contribution < -0.4 is 11.1 Å². The van der Waals surface area contributed by atoms with Crippen LogP contribution in [0, 0.1) is 0 Å². The van der Waals surface area contributed by atoms with E-state index in [4.69, 9.17) is 10.3 Å². The second-order valence-corrected chi connectivity index (χ2v) is 6.03. The lowest BCUT2D eigenvalue weighted by Crippen LogP contribution is -2.36. The van der Waals surface area contributed by atoms with Crippen molar-refractivity contribution in [2.75, 3.05) is 26.2 Å². The van der Waals surface area contributed by atoms with E-state index in [1.165, 1.54) is 19.4 Å². The first-order valence-corrected chi connectivity index (χ1v) is 8.20. The van der Waals surface area contributed by atoms with Crippen LogP contribution >= 0.6 is 24.0 Å². The molecule has 1 saturated heterocycles. The number of halogens is 1. The SMILES string of the molecule is CCN1CCCC1CN=C(N)NCCc1nc(C(C)C)no1.I. The van der Waals surface area contributed by atoms with Gasteiger partial charge in [0.25, 0.3) is 0 Å². The fourth-order valence-electron chi connectivity index (χ4n) is 2.68. The number of aromatic nitrogens is 2. The van der Waals surface area contributed by atoms with Gasteiger partial charge in [-0.2, -0.15) is 4.98 Å². The number of likely N-dealkylation sites (N-methyl/N-ethyl adjacent to an activating group) is 1. The summed E-state index contributed by atoms with van der Waals surface area (Å²) < 4.78 is 5.19. The Morgan fingerprint density at radius 2 is 2.30 bits per heavy atom. The Morgan fingerprint density at radius 3 is 2.96 bits per heavy atom. The molecular weight excluding hydrogens is 407 g/mol. The standard InChI is InChI=1S/C15H28N6O.HI/c1-4-21-9-5-6-12(21)10-18-15(16)17-8-7-13-19-14(11(2)3)20-22-13;/h11-12H,4-10H2,1-3H3,(H3,16,17,18);1H. The first kappa shape index (κ1) is 20.1. The highest BCUT2D eigenvalue weighted by Crippen LogP contribution is 2.16. The van der Waals surface area contributed by atoms with Crippen LogP contribution in [-0.4, -0.2) is 53.2 Å². The lowest BCUT2D eigenvalue weighted by atomic mass is 10.2. The molecule has 0 spiro atoms. The number of rotatable bonds is 7. The summed E-state index contributed by atoms with van der Waals surface area (Å²) in [5, 5.41) is 7.05. The molecule has 0 radical (unpaired) electrons. The van der Waals surface area contributed by atoms with Gasteiger partial charge >= 0.3 is 0 Å². The van der Waals surface area contributed by atoms with Crippen molar-refractivity contribution in [3.63, 3.8) is 0 Å². The summed E-state index contributed by atoms with van der Waals surface area (Å²) >= 11 is 0. The molecule has 1 unspecified atom stereocenters. The van der Waals surface area contributed by atoms with Crippen molar-refractivity contribution in [2.45, 2.75) is 52.0 Å². The zero-order chi connectivity index (χ0) is 15.9. The number of nitrogens with one attached hydrogen (secondary N) is 1. The molecule has 7 nitrogen and oxygen atoms in total. The van der Waals surface area contributed by atoms with Gasteiger partial charge < -0.3 is 15.6 Å². The van der Waals surface area contributed by atoms with Crippen LogP contribution in [0.25, 0.3) is 0 Å². The average molecular weight is 436 g/mol. The summed E-state index contributed by atoms with van der Waals surface area (Å²) in [5.74, 6) is 2.16. The molecule has 23 heavy (non-hydrogen) atoms. The Morgan fingerprint density at radius 1 is 1.52 bits per heavy atom. The molecule has 132 valence electrons. The third-order valence-corrected chi connectivity index (χ3v) is 4.02. The summed E-state index contributed by atoms with van der Waals surface area (Å²) in [4.78, 5) is 11.2. The van der Waals surface area contributed by atoms with Gasteiger partial charge in [0.1, 0.15) is 0 Å². The second kappa shape index (κ2) is 10.1. The fraction of sp³-hybridized carbons (Fsp3) is 0.800. The third kappa shape index (κ3) is 6.25. The molecule has 2 rings (SSSR count). The lowest BCUT2D eigenvalue weighted by molar-refractivity contribution is 0.273. The molecule has 0 aromatic carbocycles. The normalized spacial score (nSPS) is 19.1. The van der Waals surface area contributed by atoms with E-state index < -0.39 is 0 Å². The molecule has 2 heterocycles. The molecule has 1 aliphatic heterocycles. The zero-order valence-corrected chi connectivity index (χ0v) is 16.6. The first-order valence-electron chi connectivity index (χ1n) is 8.20. The van der Waals surface area contributed by atoms with Gasteiger partial charge in [-0.25, -0.2) is 0 Å². The molecule has 1 aromatic heterocycles. The van der Waals surface area contributed by atoms with Crippen LogP contribution in [0.5, 0.6) is 0 Å². The van der Waals surface area contributed by atoms with Gasteiger partial charge in [-0.15, -0.1) is 24.0 Å². The van der Waals surface area contributed by atoms with E-state index in [-0.39, 0.29) is 29.9 Å². The molecule has 8 heteroatoms. The highest BCUT2D eigenvalue weighted by molar-refractivity contribution is 14.0. The van der Waals surface area contributed by atoms with E-state index in [0.29, 0.717) is 30.9 Å². The monoisotopic (exact) mass is 436 g/mol. The number of hydrogen-bond acceptors (Lipinski definition) is 5. The molecule has 3 N–H and O–H groups in total. The van der Waals surface area contributed by atoms with Crippen LogP contribution in [0.4, 0.5) is 0 Å². The molecular formula is C15H29IN6O. The Balaban J connectivity index is 0.00000264. The minimum atomic E-state index is 0. The maximum atomic E-state index is 5.91. The van der Waals surface area contributed by atoms with Gasteiger partial charge in [-0.05, 0) is 25.9 Å². The Bertz CT molecular complexity index is 490. The number of nitrogens with two attached hydrogens (primary N) is 1. The van der Waals surface area contributed by atoms with Crippen molar-refractivity contribution >= 4 is 29.9 Å². The predicted molar refractivity (Wildman–Crippen MR) is 102 cm³/mol. The second-order valence-electron chi connectivity index (χ2n) is 6.03. The van der Waals surface area contributed by atoms with E-state index in [2.05, 4.69) is 32.3 Å². The fourth-order valence-corrected chi connectivity index (χ4v) is 2.68. The van der Waals surface area contributed by atoms with Gasteiger partial charge in [-0.1, -0.05) is 25.9 Å². The van der Waals surface area contributed by atoms with Crippen LogP contribution in [-0.2, 0) is 6.42 Å². The number of guanidine groups is 1. The van der Waals surface area contributed by atoms with Crippen LogP contribution in [0.3, 0.4) is 0 Å². The molecule has 1 atom stereocenters. The zero-order valence-electron chi connectivity index (χ0n) is 14.3. The lowest BCUT2D eigenvalue weighted by Gasteiger charge is -2.20. The third-order valence-electron chi connectivity index (χ3n) is 4.02. The highest BCUT2D eigenvalue weighted by atomic mass is 127. The van der Waals surface area contributed by atoms with E-state index in [0.717, 1.165) is 18.9 Å². The summed E-state index contributed by atoms with van der Waals surface area (Å²) in [6, 6.07) is 0.537. The van der Waals surface area contributed by atoms with Gasteiger partial charge in [0, 0.05) is 24.9 Å². The number of nitrogens with zero attached hydrogens (tertiary/aromatic N) is 4. The molecule has 1 aliphatic rings. The number of likely N-dealkylation sites (tertiary alicyclic amines) is 1. The molecule has 0 saturated carbocycles. The molecule has 1 aromatic rings. The smallest absolute Gasteiger partial charge is 0.228 e. The van der Waals surface area contributed by atoms with E-state index in [1.54, 1.807) is 0 Å². The molecule has 0 aliphatic carbocycles. The van der Waals surface area contributed by atoms with Crippen molar-refractivity contribution in [2.24, 2.45) is 10.7 Å². The Hall–Kier alpha value is -0.900. The van der Waals surface area contributed by atoms with Gasteiger partial charge in [0.05, 0.1) is 6.54 Å². The van der Waals surface area contributed by atoms with Gasteiger partial charge in [0.2, 0.25) is 5.89 Å². The first-order chi connectivity index (χ1) is 10.6. The molecule has 1 fully saturated rings. The largest absolute Gasteiger partial charge is 0.370 e. The van der Waals surface area contributed by atoms with E-state index in [1.807, 2.05) is 13.8 Å². The van der Waals surface area contributed by atoms with Gasteiger partial charge in [-0.3, -0.25) is 9.89 Å². The minimum Gasteiger partial charge on any atom is -0.370 e. The van der Waals surface area contributed by atoms with Crippen LogP contribution in [0.1, 0.15) is 51.2 Å². The van der Waals surface area contributed by atoms with Crippen LogP contribution in [0.15, 0.2) is 9.52 Å². The maximum Gasteiger partial charge on any atom is 0.228 e. The van der Waals surface area contributed by atoms with E-state index >= 15 is 0 Å². The van der Waals surface area contributed by atoms with Crippen molar-refractivity contribution in [3.05, 3.63) is 11.7 Å². The van der Waals surface area contributed by atoms with Gasteiger partial charge in [0.15, 0.2) is 11.8 Å². The number of hydrogen-bond donors (Lipinski definition) is 2. The summed E-state index contributed by atoms with van der Waals surface area (Å²) in [7, 11) is 0. The van der Waals surface area contributed by atoms with Crippen molar-refractivity contribution < 1.29 is 4.52 Å². The molecule has 0 amide bonds. The maximum absolute atomic E-state index is 5.91. The van der Waals surface area contributed by atoms with Crippen LogP contribution in [0.2, 0.25) is 0 Å². The quantitative estimate of drug-likeness (QED) is 0.384. The van der Waals surface area contributed by atoms with E-state index in [9.17, 15) is 0 Å². The number of aliphatic imine (C=N–C) groups is 1. The van der Waals surface area contributed by atoms with Crippen molar-refractivity contribution in [3.8, 4) is 0 Å². The Labute approximate surface area is 155 Å².